The van der Waals surface area contributed by atoms with E-state index in [0.29, 0.717) is 24.7 Å². The lowest BCUT2D eigenvalue weighted by Gasteiger charge is -2.33. The first kappa shape index (κ1) is 21.1. The summed E-state index contributed by atoms with van der Waals surface area (Å²) >= 11 is 0. The molecule has 2 rings (SSSR count). The van der Waals surface area contributed by atoms with Gasteiger partial charge in [-0.25, -0.2) is 4.79 Å². The van der Waals surface area contributed by atoms with Gasteiger partial charge in [-0.1, -0.05) is 32.1 Å². The van der Waals surface area contributed by atoms with Crippen molar-refractivity contribution in [1.82, 2.24) is 0 Å². The second-order valence-corrected chi connectivity index (χ2v) is 7.16. The summed E-state index contributed by atoms with van der Waals surface area (Å²) in [4.78, 5) is 36.4. The van der Waals surface area contributed by atoms with E-state index in [1.165, 1.54) is 7.11 Å². The standard InChI is InChI=1S/C21H28O6/c1-6-13(3)20(23)27-19-17-14(4)21(24)26-16(17)10-12(2)8-7-9-15(11-22)18(19)25-5/h9-11,13,16-19H,4,6-8H2,1-3,5H3/b12-10+,15-9+/t13-,16-,17+,18+,19-/m1/s1. The van der Waals surface area contributed by atoms with Gasteiger partial charge in [-0.05, 0) is 32.3 Å². The first-order valence-electron chi connectivity index (χ1n) is 9.29. The second-order valence-electron chi connectivity index (χ2n) is 7.16. The van der Waals surface area contributed by atoms with Crippen LogP contribution in [0.4, 0.5) is 0 Å². The Labute approximate surface area is 160 Å². The molecule has 1 aliphatic heterocycles. The van der Waals surface area contributed by atoms with E-state index < -0.39 is 36.2 Å². The summed E-state index contributed by atoms with van der Waals surface area (Å²) in [6.45, 7) is 9.46. The van der Waals surface area contributed by atoms with Crippen molar-refractivity contribution in [2.24, 2.45) is 11.8 Å². The van der Waals surface area contributed by atoms with Gasteiger partial charge < -0.3 is 14.2 Å². The fourth-order valence-corrected chi connectivity index (χ4v) is 3.39. The minimum Gasteiger partial charge on any atom is -0.458 e. The zero-order valence-corrected chi connectivity index (χ0v) is 16.4. The van der Waals surface area contributed by atoms with Crippen molar-refractivity contribution < 1.29 is 28.6 Å². The molecule has 1 fully saturated rings. The van der Waals surface area contributed by atoms with Gasteiger partial charge in [0, 0.05) is 18.3 Å². The van der Waals surface area contributed by atoms with Crippen LogP contribution in [0, 0.1) is 11.8 Å². The van der Waals surface area contributed by atoms with Crippen LogP contribution in [-0.2, 0) is 28.6 Å². The van der Waals surface area contributed by atoms with Gasteiger partial charge >= 0.3 is 11.9 Å². The molecule has 148 valence electrons. The van der Waals surface area contributed by atoms with Crippen molar-refractivity contribution in [2.45, 2.75) is 58.3 Å². The quantitative estimate of drug-likeness (QED) is 0.318. The number of methoxy groups -OCH3 is 1. The van der Waals surface area contributed by atoms with Gasteiger partial charge in [0.15, 0.2) is 0 Å². The Bertz CT molecular complexity index is 674. The van der Waals surface area contributed by atoms with Gasteiger partial charge in [0.25, 0.3) is 0 Å². The Morgan fingerprint density at radius 3 is 2.78 bits per heavy atom. The van der Waals surface area contributed by atoms with Gasteiger partial charge in [-0.15, -0.1) is 0 Å². The largest absolute Gasteiger partial charge is 0.458 e. The molecule has 6 heteroatoms. The lowest BCUT2D eigenvalue weighted by atomic mass is 9.83. The lowest BCUT2D eigenvalue weighted by Crippen LogP contribution is -2.44. The van der Waals surface area contributed by atoms with Gasteiger partial charge in [-0.2, -0.15) is 0 Å². The van der Waals surface area contributed by atoms with Crippen LogP contribution in [0.2, 0.25) is 0 Å². The van der Waals surface area contributed by atoms with Crippen molar-refractivity contribution in [3.63, 3.8) is 0 Å². The third-order valence-electron chi connectivity index (χ3n) is 5.27. The van der Waals surface area contributed by atoms with Crippen LogP contribution in [-0.4, -0.2) is 43.6 Å². The van der Waals surface area contributed by atoms with Crippen molar-refractivity contribution in [3.05, 3.63) is 35.5 Å². The number of hydrogen-bond acceptors (Lipinski definition) is 6. The number of carbonyl (C=O) groups excluding carboxylic acids is 3. The number of hydrogen-bond donors (Lipinski definition) is 0. The molecule has 0 bridgehead atoms. The molecule has 2 aliphatic rings. The van der Waals surface area contributed by atoms with Crippen LogP contribution in [0.5, 0.6) is 0 Å². The summed E-state index contributed by atoms with van der Waals surface area (Å²) < 4.78 is 16.8. The Kier molecular flexibility index (Phi) is 7.13. The average molecular weight is 376 g/mol. The summed E-state index contributed by atoms with van der Waals surface area (Å²) in [5.74, 6) is -1.86. The van der Waals surface area contributed by atoms with E-state index in [9.17, 15) is 14.4 Å². The molecule has 0 saturated carbocycles. The molecule has 0 radical (unpaired) electrons. The molecule has 0 N–H and O–H groups in total. The van der Waals surface area contributed by atoms with E-state index in [2.05, 4.69) is 6.58 Å². The van der Waals surface area contributed by atoms with Crippen molar-refractivity contribution in [2.75, 3.05) is 7.11 Å². The molecule has 0 aromatic heterocycles. The van der Waals surface area contributed by atoms with Crippen molar-refractivity contribution in [3.8, 4) is 0 Å². The van der Waals surface area contributed by atoms with Gasteiger partial charge in [0.1, 0.15) is 24.6 Å². The maximum Gasteiger partial charge on any atom is 0.334 e. The van der Waals surface area contributed by atoms with Crippen LogP contribution < -0.4 is 0 Å². The zero-order valence-electron chi connectivity index (χ0n) is 16.4. The first-order valence-corrected chi connectivity index (χ1v) is 9.29. The summed E-state index contributed by atoms with van der Waals surface area (Å²) in [7, 11) is 1.45. The number of aldehydes is 1. The van der Waals surface area contributed by atoms with Gasteiger partial charge in [-0.3, -0.25) is 9.59 Å². The molecular formula is C21H28O6. The normalized spacial score (nSPS) is 33.6. The van der Waals surface area contributed by atoms with Crippen LogP contribution in [0.3, 0.4) is 0 Å². The van der Waals surface area contributed by atoms with E-state index in [4.69, 9.17) is 14.2 Å². The third-order valence-corrected chi connectivity index (χ3v) is 5.27. The summed E-state index contributed by atoms with van der Waals surface area (Å²) in [6.07, 6.45) is 4.05. The van der Waals surface area contributed by atoms with E-state index in [-0.39, 0.29) is 11.5 Å². The molecule has 0 aromatic rings. The first-order chi connectivity index (χ1) is 12.8. The minimum atomic E-state index is -0.890. The number of ether oxygens (including phenoxy) is 3. The van der Waals surface area contributed by atoms with Crippen LogP contribution in [0.25, 0.3) is 0 Å². The molecule has 0 unspecified atom stereocenters. The molecule has 5 atom stereocenters. The zero-order chi connectivity index (χ0) is 20.1. The summed E-state index contributed by atoms with van der Waals surface area (Å²) in [6, 6.07) is 0. The maximum absolute atomic E-state index is 12.5. The average Bonchev–Trinajstić information content (AvgIpc) is 2.92. The van der Waals surface area contributed by atoms with Gasteiger partial charge in [0.2, 0.25) is 0 Å². The lowest BCUT2D eigenvalue weighted by molar-refractivity contribution is -0.164. The fourth-order valence-electron chi connectivity index (χ4n) is 3.39. The van der Waals surface area contributed by atoms with Gasteiger partial charge in [0.05, 0.1) is 11.8 Å². The van der Waals surface area contributed by atoms with E-state index in [1.807, 2.05) is 19.9 Å². The predicted molar refractivity (Wildman–Crippen MR) is 99.8 cm³/mol. The van der Waals surface area contributed by atoms with Crippen LogP contribution in [0.1, 0.15) is 40.0 Å². The molecular weight excluding hydrogens is 348 g/mol. The molecule has 1 aliphatic carbocycles. The predicted octanol–water partition coefficient (Wildman–Crippen LogP) is 2.92. The monoisotopic (exact) mass is 376 g/mol. The van der Waals surface area contributed by atoms with Crippen molar-refractivity contribution in [1.29, 1.82) is 0 Å². The Morgan fingerprint density at radius 1 is 1.48 bits per heavy atom. The third kappa shape index (κ3) is 4.56. The highest BCUT2D eigenvalue weighted by Crippen LogP contribution is 2.37. The van der Waals surface area contributed by atoms with E-state index in [1.54, 1.807) is 13.0 Å². The highest BCUT2D eigenvalue weighted by atomic mass is 16.6. The molecule has 0 aromatic carbocycles. The molecule has 0 amide bonds. The van der Waals surface area contributed by atoms with Crippen molar-refractivity contribution >= 4 is 18.2 Å². The number of carbonyl (C=O) groups is 3. The number of allylic oxidation sites excluding steroid dienone is 2. The Balaban J connectivity index is 2.54. The Hall–Kier alpha value is -2.21. The second kappa shape index (κ2) is 9.13. The summed E-state index contributed by atoms with van der Waals surface area (Å²) in [5, 5.41) is 0. The topological polar surface area (TPSA) is 78.9 Å². The number of fused-ring (bicyclic) bond motifs is 1. The molecule has 1 saturated heterocycles. The molecule has 1 heterocycles. The fraction of sp³-hybridized carbons (Fsp3) is 0.571. The SMILES string of the molecule is C=C1C(=O)O[C@@H]2/C=C(\C)CC/C=C(\C=O)[C@H](OC)[C@H](OC(=O)[C@H](C)CC)[C@@H]12. The molecule has 0 spiro atoms. The summed E-state index contributed by atoms with van der Waals surface area (Å²) in [5.41, 5.74) is 1.63. The van der Waals surface area contributed by atoms with Crippen LogP contribution >= 0.6 is 0 Å². The maximum atomic E-state index is 12.5. The highest BCUT2D eigenvalue weighted by molar-refractivity contribution is 5.91. The molecule has 27 heavy (non-hydrogen) atoms. The minimum absolute atomic E-state index is 0.221. The van der Waals surface area contributed by atoms with E-state index >= 15 is 0 Å². The van der Waals surface area contributed by atoms with E-state index in [0.717, 1.165) is 12.0 Å². The number of rotatable bonds is 5. The van der Waals surface area contributed by atoms with Crippen LogP contribution in [0.15, 0.2) is 35.5 Å². The molecule has 6 nitrogen and oxygen atoms in total. The highest BCUT2D eigenvalue weighted by Gasteiger charge is 2.48. The number of esters is 2. The Morgan fingerprint density at radius 2 is 2.19 bits per heavy atom. The smallest absolute Gasteiger partial charge is 0.334 e.